The lowest BCUT2D eigenvalue weighted by Crippen LogP contribution is -2.34. The zero-order valence-electron chi connectivity index (χ0n) is 20.5. The Labute approximate surface area is 205 Å². The molecule has 0 saturated heterocycles. The molecule has 0 aliphatic rings. The van der Waals surface area contributed by atoms with Gasteiger partial charge in [-0.05, 0) is 74.9 Å². The van der Waals surface area contributed by atoms with E-state index in [1.54, 1.807) is 20.8 Å². The van der Waals surface area contributed by atoms with E-state index in [0.717, 1.165) is 35.6 Å². The van der Waals surface area contributed by atoms with Crippen LogP contribution in [0.1, 0.15) is 50.0 Å². The number of carbonyl (C=O) groups is 2. The highest BCUT2D eigenvalue weighted by Crippen LogP contribution is 2.37. The maximum atomic E-state index is 13.3. The smallest absolute Gasteiger partial charge is 0.419 e. The van der Waals surface area contributed by atoms with Crippen molar-refractivity contribution in [3.05, 3.63) is 53.6 Å². The summed E-state index contributed by atoms with van der Waals surface area (Å²) in [6, 6.07) is 8.34. The van der Waals surface area contributed by atoms with E-state index in [0.29, 0.717) is 6.54 Å². The number of ether oxygens (including phenoxy) is 2. The van der Waals surface area contributed by atoms with Crippen molar-refractivity contribution < 1.29 is 32.2 Å². The summed E-state index contributed by atoms with van der Waals surface area (Å²) < 4.78 is 49.8. The number of benzene rings is 2. The van der Waals surface area contributed by atoms with Crippen LogP contribution in [0.3, 0.4) is 0 Å². The number of halogens is 3. The van der Waals surface area contributed by atoms with Gasteiger partial charge in [-0.3, -0.25) is 0 Å². The van der Waals surface area contributed by atoms with Gasteiger partial charge in [0, 0.05) is 5.56 Å². The van der Waals surface area contributed by atoms with Crippen LogP contribution in [0.15, 0.2) is 42.5 Å². The molecule has 36 heavy (non-hydrogen) atoms. The van der Waals surface area contributed by atoms with Gasteiger partial charge < -0.3 is 9.47 Å². The Morgan fingerprint density at radius 3 is 2.28 bits per heavy atom. The molecule has 0 unspecified atom stereocenters. The minimum absolute atomic E-state index is 0.102. The Kier molecular flexibility index (Phi) is 7.65. The molecule has 0 radical (unpaired) electrons. The van der Waals surface area contributed by atoms with Gasteiger partial charge in [0.15, 0.2) is 0 Å². The first-order valence-corrected chi connectivity index (χ1v) is 11.0. The lowest BCUT2D eigenvalue weighted by atomic mass is 10.1. The highest BCUT2D eigenvalue weighted by Gasteiger charge is 2.32. The number of amides is 1. The topological polar surface area (TPSA) is 99.4 Å². The highest BCUT2D eigenvalue weighted by molar-refractivity contribution is 6.02. The van der Waals surface area contributed by atoms with E-state index in [1.165, 1.54) is 30.1 Å². The molecule has 0 spiro atoms. The fraction of sp³-hybridized carbons (Fsp3) is 0.375. The molecule has 12 heteroatoms. The van der Waals surface area contributed by atoms with Gasteiger partial charge in [0.05, 0.1) is 36.2 Å². The number of anilines is 2. The van der Waals surface area contributed by atoms with Crippen LogP contribution in [0.4, 0.5) is 29.3 Å². The van der Waals surface area contributed by atoms with Crippen LogP contribution < -0.4 is 4.90 Å². The Bertz CT molecular complexity index is 1230. The molecule has 0 atom stereocenters. The molecule has 9 nitrogen and oxygen atoms in total. The molecule has 192 valence electrons. The van der Waals surface area contributed by atoms with Gasteiger partial charge in [-0.15, -0.1) is 10.2 Å². The summed E-state index contributed by atoms with van der Waals surface area (Å²) in [7, 11) is 1.22. The van der Waals surface area contributed by atoms with Crippen LogP contribution in [0.25, 0.3) is 11.4 Å². The van der Waals surface area contributed by atoms with Crippen molar-refractivity contribution in [3.8, 4) is 11.4 Å². The largest absolute Gasteiger partial charge is 0.465 e. The first kappa shape index (κ1) is 26.6. The summed E-state index contributed by atoms with van der Waals surface area (Å²) in [5.41, 5.74) is -1.12. The van der Waals surface area contributed by atoms with Crippen molar-refractivity contribution in [1.29, 1.82) is 0 Å². The zero-order valence-corrected chi connectivity index (χ0v) is 20.5. The second-order valence-corrected chi connectivity index (χ2v) is 8.79. The van der Waals surface area contributed by atoms with Crippen molar-refractivity contribution in [2.24, 2.45) is 0 Å². The summed E-state index contributed by atoms with van der Waals surface area (Å²) in [6.45, 7) is 7.40. The normalized spacial score (nSPS) is 11.8. The van der Waals surface area contributed by atoms with E-state index in [2.05, 4.69) is 15.4 Å². The standard InChI is InChI=1S/C24H26F3N5O4/c1-6-13-31-29-20(28-30-31)18-14-15(21(33)35-5)7-12-19(18)32(22(34)36-23(2,3)4)17-10-8-16(9-11-17)24(25,26)27/h7-12,14H,6,13H2,1-5H3. The molecule has 1 aromatic heterocycles. The van der Waals surface area contributed by atoms with E-state index >= 15 is 0 Å². The van der Waals surface area contributed by atoms with Crippen LogP contribution in [-0.2, 0) is 22.2 Å². The number of tetrazole rings is 1. The van der Waals surface area contributed by atoms with Gasteiger partial charge >= 0.3 is 18.2 Å². The average molecular weight is 505 g/mol. The number of esters is 1. The fourth-order valence-electron chi connectivity index (χ4n) is 3.25. The summed E-state index contributed by atoms with van der Waals surface area (Å²) in [5.74, 6) is -0.535. The quantitative estimate of drug-likeness (QED) is 0.401. The molecule has 1 heterocycles. The van der Waals surface area contributed by atoms with Crippen molar-refractivity contribution >= 4 is 23.4 Å². The average Bonchev–Trinajstić information content (AvgIpc) is 3.26. The van der Waals surface area contributed by atoms with Crippen LogP contribution in [0, 0.1) is 0 Å². The van der Waals surface area contributed by atoms with Gasteiger partial charge in [0.1, 0.15) is 5.60 Å². The third kappa shape index (κ3) is 6.18. The molecule has 0 aliphatic carbocycles. The lowest BCUT2D eigenvalue weighted by Gasteiger charge is -2.29. The Morgan fingerprint density at radius 2 is 1.72 bits per heavy atom. The maximum Gasteiger partial charge on any atom is 0.419 e. The number of aromatic nitrogens is 4. The second kappa shape index (κ2) is 10.3. The molecular formula is C24H26F3N5O4. The molecule has 0 bridgehead atoms. The minimum atomic E-state index is -4.55. The molecule has 0 N–H and O–H groups in total. The van der Waals surface area contributed by atoms with Crippen molar-refractivity contribution in [1.82, 2.24) is 20.2 Å². The van der Waals surface area contributed by atoms with Gasteiger partial charge in [-0.25, -0.2) is 14.5 Å². The molecule has 0 fully saturated rings. The maximum absolute atomic E-state index is 13.3. The number of hydrogen-bond donors (Lipinski definition) is 0. The van der Waals surface area contributed by atoms with Crippen LogP contribution in [-0.4, -0.2) is 45.0 Å². The van der Waals surface area contributed by atoms with Gasteiger partial charge in [0.2, 0.25) is 5.82 Å². The number of alkyl halides is 3. The third-order valence-corrected chi connectivity index (χ3v) is 4.80. The van der Waals surface area contributed by atoms with Crippen molar-refractivity contribution in [2.45, 2.75) is 52.4 Å². The first-order valence-electron chi connectivity index (χ1n) is 11.0. The minimum Gasteiger partial charge on any atom is -0.465 e. The zero-order chi connectivity index (χ0) is 26.7. The number of nitrogens with zero attached hydrogens (tertiary/aromatic N) is 5. The van der Waals surface area contributed by atoms with Crippen LogP contribution in [0.5, 0.6) is 0 Å². The molecule has 0 saturated carbocycles. The monoisotopic (exact) mass is 505 g/mol. The molecule has 0 aliphatic heterocycles. The summed E-state index contributed by atoms with van der Waals surface area (Å²) in [4.78, 5) is 28.0. The van der Waals surface area contributed by atoms with Gasteiger partial charge in [-0.2, -0.15) is 18.0 Å². The van der Waals surface area contributed by atoms with E-state index < -0.39 is 29.4 Å². The number of hydrogen-bond acceptors (Lipinski definition) is 7. The van der Waals surface area contributed by atoms with Crippen LogP contribution in [0.2, 0.25) is 0 Å². The Hall–Kier alpha value is -3.96. The summed E-state index contributed by atoms with van der Waals surface area (Å²) in [6.07, 6.45) is -4.67. The number of carbonyl (C=O) groups excluding carboxylic acids is 2. The predicted molar refractivity (Wildman–Crippen MR) is 125 cm³/mol. The number of methoxy groups -OCH3 is 1. The van der Waals surface area contributed by atoms with E-state index in [9.17, 15) is 22.8 Å². The molecule has 1 amide bonds. The highest BCUT2D eigenvalue weighted by atomic mass is 19.4. The van der Waals surface area contributed by atoms with Crippen molar-refractivity contribution in [3.63, 3.8) is 0 Å². The molecule has 3 rings (SSSR count). The second-order valence-electron chi connectivity index (χ2n) is 8.79. The Balaban J connectivity index is 2.22. The van der Waals surface area contributed by atoms with Gasteiger partial charge in [0.25, 0.3) is 0 Å². The van der Waals surface area contributed by atoms with Crippen molar-refractivity contribution in [2.75, 3.05) is 12.0 Å². The van der Waals surface area contributed by atoms with E-state index in [1.807, 2.05) is 6.92 Å². The SMILES string of the molecule is CCCn1nnc(-c2cc(C(=O)OC)ccc2N(C(=O)OC(C)(C)C)c2ccc(C(F)(F)F)cc2)n1. The molecular weight excluding hydrogens is 479 g/mol. The molecule has 2 aromatic carbocycles. The first-order chi connectivity index (χ1) is 16.8. The molecule has 3 aromatic rings. The number of rotatable bonds is 6. The van der Waals surface area contributed by atoms with E-state index in [4.69, 9.17) is 9.47 Å². The van der Waals surface area contributed by atoms with Gasteiger partial charge in [-0.1, -0.05) is 6.92 Å². The Morgan fingerprint density at radius 1 is 1.06 bits per heavy atom. The summed E-state index contributed by atoms with van der Waals surface area (Å²) >= 11 is 0. The lowest BCUT2D eigenvalue weighted by molar-refractivity contribution is -0.137. The summed E-state index contributed by atoms with van der Waals surface area (Å²) in [5, 5.41) is 12.4. The van der Waals surface area contributed by atoms with E-state index in [-0.39, 0.29) is 28.3 Å². The number of aryl methyl sites for hydroxylation is 1. The fourth-order valence-corrected chi connectivity index (χ4v) is 3.25. The van der Waals surface area contributed by atoms with Crippen LogP contribution >= 0.6 is 0 Å². The third-order valence-electron chi connectivity index (χ3n) is 4.80. The predicted octanol–water partition coefficient (Wildman–Crippen LogP) is 5.63.